The molecule has 1 atom stereocenters. The molecule has 150 valence electrons. The van der Waals surface area contributed by atoms with E-state index in [1.165, 1.54) is 0 Å². The Labute approximate surface area is 165 Å². The molecule has 1 heterocycles. The first kappa shape index (κ1) is 21.6. The minimum Gasteiger partial charge on any atom is -0.464 e. The second-order valence-electron chi connectivity index (χ2n) is 6.60. The Kier molecular flexibility index (Phi) is 9.48. The van der Waals surface area contributed by atoms with Crippen LogP contribution >= 0.6 is 11.8 Å². The van der Waals surface area contributed by atoms with Crippen molar-refractivity contribution >= 4 is 23.8 Å². The lowest BCUT2D eigenvalue weighted by Crippen LogP contribution is -2.38. The number of benzene rings is 1. The van der Waals surface area contributed by atoms with Gasteiger partial charge >= 0.3 is 12.1 Å². The van der Waals surface area contributed by atoms with Crippen molar-refractivity contribution in [2.45, 2.75) is 38.9 Å². The average molecular weight is 396 g/mol. The molecule has 0 radical (unpaired) electrons. The van der Waals surface area contributed by atoms with E-state index in [1.54, 1.807) is 23.6 Å². The number of nitrogens with zero attached hydrogens (tertiary/aromatic N) is 1. The summed E-state index contributed by atoms with van der Waals surface area (Å²) >= 11 is 1.57. The number of aliphatic hydroxyl groups excluding tert-OH is 1. The summed E-state index contributed by atoms with van der Waals surface area (Å²) in [4.78, 5) is 25.3. The number of esters is 1. The zero-order valence-corrected chi connectivity index (χ0v) is 16.7. The number of ether oxygens (including phenoxy) is 2. The van der Waals surface area contributed by atoms with E-state index in [0.29, 0.717) is 31.4 Å². The summed E-state index contributed by atoms with van der Waals surface area (Å²) in [5.41, 5.74) is 0.989. The van der Waals surface area contributed by atoms with Gasteiger partial charge in [0.25, 0.3) is 0 Å². The van der Waals surface area contributed by atoms with Gasteiger partial charge in [0.2, 0.25) is 0 Å². The van der Waals surface area contributed by atoms with E-state index in [4.69, 9.17) is 9.47 Å². The maximum absolute atomic E-state index is 12.2. The van der Waals surface area contributed by atoms with E-state index in [2.05, 4.69) is 0 Å². The average Bonchev–Trinajstić information content (AvgIpc) is 2.70. The fourth-order valence-electron chi connectivity index (χ4n) is 2.97. The highest BCUT2D eigenvalue weighted by Crippen LogP contribution is 2.23. The number of likely N-dealkylation sites (tertiary alicyclic amines) is 1. The molecule has 0 aliphatic carbocycles. The third-order valence-corrected chi connectivity index (χ3v) is 5.66. The van der Waals surface area contributed by atoms with Crippen LogP contribution in [0.1, 0.15) is 31.7 Å². The number of carbonyl (C=O) groups is 2. The van der Waals surface area contributed by atoms with Crippen molar-refractivity contribution in [3.63, 3.8) is 0 Å². The minimum absolute atomic E-state index is 0.246. The normalized spacial score (nSPS) is 16.0. The summed E-state index contributed by atoms with van der Waals surface area (Å²) in [6.07, 6.45) is 1.65. The molecule has 0 bridgehead atoms. The highest BCUT2D eigenvalue weighted by molar-refractivity contribution is 7.99. The SMILES string of the molecule is CCOC(=O)[C@H](O)CSCCC1CCN(C(=O)OCc2ccccc2)CC1. The molecular weight excluding hydrogens is 366 g/mol. The Morgan fingerprint density at radius 3 is 2.59 bits per heavy atom. The van der Waals surface area contributed by atoms with Crippen LogP contribution < -0.4 is 0 Å². The van der Waals surface area contributed by atoms with Crippen molar-refractivity contribution in [1.29, 1.82) is 0 Å². The highest BCUT2D eigenvalue weighted by atomic mass is 32.2. The molecule has 1 aromatic rings. The standard InChI is InChI=1S/C20H29NO5S/c1-2-25-19(23)18(22)15-27-13-10-16-8-11-21(12-9-16)20(24)26-14-17-6-4-3-5-7-17/h3-7,16,18,22H,2,8-15H2,1H3/t18-/m1/s1. The smallest absolute Gasteiger partial charge is 0.410 e. The molecule has 1 aromatic carbocycles. The lowest BCUT2D eigenvalue weighted by atomic mass is 9.95. The van der Waals surface area contributed by atoms with Gasteiger partial charge in [-0.2, -0.15) is 11.8 Å². The van der Waals surface area contributed by atoms with Crippen molar-refractivity contribution in [3.05, 3.63) is 35.9 Å². The highest BCUT2D eigenvalue weighted by Gasteiger charge is 2.24. The molecule has 6 nitrogen and oxygen atoms in total. The van der Waals surface area contributed by atoms with Crippen LogP contribution in [0.5, 0.6) is 0 Å². The van der Waals surface area contributed by atoms with Crippen LogP contribution in [0.2, 0.25) is 0 Å². The Bertz CT molecular complexity index is 575. The van der Waals surface area contributed by atoms with Gasteiger partial charge in [-0.15, -0.1) is 0 Å². The number of piperidine rings is 1. The third kappa shape index (κ3) is 7.81. The Morgan fingerprint density at radius 2 is 1.93 bits per heavy atom. The number of carbonyl (C=O) groups excluding carboxylic acids is 2. The van der Waals surface area contributed by atoms with Gasteiger partial charge in [-0.3, -0.25) is 0 Å². The second-order valence-corrected chi connectivity index (χ2v) is 7.75. The second kappa shape index (κ2) is 11.9. The topological polar surface area (TPSA) is 76.1 Å². The summed E-state index contributed by atoms with van der Waals surface area (Å²) in [6.45, 7) is 3.75. The molecule has 27 heavy (non-hydrogen) atoms. The third-order valence-electron chi connectivity index (χ3n) is 4.58. The zero-order chi connectivity index (χ0) is 19.5. The maximum atomic E-state index is 12.2. The summed E-state index contributed by atoms with van der Waals surface area (Å²) < 4.78 is 10.2. The van der Waals surface area contributed by atoms with Gasteiger partial charge in [0, 0.05) is 18.8 Å². The summed E-state index contributed by atoms with van der Waals surface area (Å²) in [7, 11) is 0. The molecule has 1 aliphatic rings. The van der Waals surface area contributed by atoms with Crippen molar-refractivity contribution in [2.75, 3.05) is 31.2 Å². The van der Waals surface area contributed by atoms with Gasteiger partial charge in [-0.05, 0) is 43.4 Å². The van der Waals surface area contributed by atoms with Crippen LogP contribution in [0, 0.1) is 5.92 Å². The monoisotopic (exact) mass is 395 g/mol. The quantitative estimate of drug-likeness (QED) is 0.512. The van der Waals surface area contributed by atoms with Gasteiger partial charge in [0.15, 0.2) is 6.10 Å². The zero-order valence-electron chi connectivity index (χ0n) is 15.8. The number of aliphatic hydroxyl groups is 1. The first-order valence-electron chi connectivity index (χ1n) is 9.48. The molecule has 1 saturated heterocycles. The lowest BCUT2D eigenvalue weighted by molar-refractivity contribution is -0.151. The molecule has 1 aliphatic heterocycles. The van der Waals surface area contributed by atoms with Crippen molar-refractivity contribution < 1.29 is 24.2 Å². The molecule has 1 amide bonds. The van der Waals surface area contributed by atoms with E-state index < -0.39 is 12.1 Å². The maximum Gasteiger partial charge on any atom is 0.410 e. The van der Waals surface area contributed by atoms with E-state index in [-0.39, 0.29) is 12.7 Å². The van der Waals surface area contributed by atoms with Crippen LogP contribution in [0.4, 0.5) is 4.79 Å². The number of amides is 1. The van der Waals surface area contributed by atoms with Gasteiger partial charge in [0.05, 0.1) is 6.61 Å². The fourth-order valence-corrected chi connectivity index (χ4v) is 3.99. The minimum atomic E-state index is -1.05. The van der Waals surface area contributed by atoms with Crippen LogP contribution in [-0.4, -0.2) is 59.4 Å². The van der Waals surface area contributed by atoms with E-state index in [0.717, 1.165) is 30.6 Å². The molecule has 1 fully saturated rings. The molecular formula is C20H29NO5S. The Hall–Kier alpha value is -1.73. The van der Waals surface area contributed by atoms with Crippen molar-refractivity contribution in [2.24, 2.45) is 5.92 Å². The molecule has 7 heteroatoms. The lowest BCUT2D eigenvalue weighted by Gasteiger charge is -2.31. The fraction of sp³-hybridized carbons (Fsp3) is 0.600. The molecule has 1 N–H and O–H groups in total. The van der Waals surface area contributed by atoms with Gasteiger partial charge in [-0.25, -0.2) is 9.59 Å². The number of thioether (sulfide) groups is 1. The summed E-state index contributed by atoms with van der Waals surface area (Å²) in [6, 6.07) is 9.68. The molecule has 0 spiro atoms. The van der Waals surface area contributed by atoms with Crippen LogP contribution in [0.25, 0.3) is 0 Å². The molecule has 0 saturated carbocycles. The van der Waals surface area contributed by atoms with Crippen LogP contribution in [0.3, 0.4) is 0 Å². The first-order valence-corrected chi connectivity index (χ1v) is 10.6. The van der Waals surface area contributed by atoms with Gasteiger partial charge in [-0.1, -0.05) is 30.3 Å². The predicted octanol–water partition coefficient (Wildman–Crippen LogP) is 3.08. The van der Waals surface area contributed by atoms with Gasteiger partial charge < -0.3 is 19.5 Å². The van der Waals surface area contributed by atoms with E-state index >= 15 is 0 Å². The molecule has 0 aromatic heterocycles. The number of rotatable bonds is 9. The number of hydrogen-bond donors (Lipinski definition) is 1. The van der Waals surface area contributed by atoms with Crippen molar-refractivity contribution in [1.82, 2.24) is 4.90 Å². The predicted molar refractivity (Wildman–Crippen MR) is 106 cm³/mol. The largest absolute Gasteiger partial charge is 0.464 e. The molecule has 2 rings (SSSR count). The van der Waals surface area contributed by atoms with E-state index in [9.17, 15) is 14.7 Å². The summed E-state index contributed by atoms with van der Waals surface area (Å²) in [5, 5.41) is 9.66. The van der Waals surface area contributed by atoms with Gasteiger partial charge in [0.1, 0.15) is 6.61 Å². The van der Waals surface area contributed by atoms with Crippen LogP contribution in [-0.2, 0) is 20.9 Å². The van der Waals surface area contributed by atoms with E-state index in [1.807, 2.05) is 30.3 Å². The van der Waals surface area contributed by atoms with Crippen LogP contribution in [0.15, 0.2) is 30.3 Å². The Morgan fingerprint density at radius 1 is 1.22 bits per heavy atom. The molecule has 0 unspecified atom stereocenters. The first-order chi connectivity index (χ1) is 13.1. The number of hydrogen-bond acceptors (Lipinski definition) is 6. The Balaban J connectivity index is 1.57. The summed E-state index contributed by atoms with van der Waals surface area (Å²) in [5.74, 6) is 1.27. The van der Waals surface area contributed by atoms with Crippen molar-refractivity contribution in [3.8, 4) is 0 Å².